The molecule has 96 valence electrons. The van der Waals surface area contributed by atoms with Crippen LogP contribution in [-0.2, 0) is 6.18 Å². The van der Waals surface area contributed by atoms with E-state index < -0.39 is 11.9 Å². The number of halogens is 3. The number of anilines is 1. The highest BCUT2D eigenvalue weighted by atomic mass is 19.4. The summed E-state index contributed by atoms with van der Waals surface area (Å²) in [6.45, 7) is 6.07. The van der Waals surface area contributed by atoms with E-state index in [1.54, 1.807) is 6.07 Å². The van der Waals surface area contributed by atoms with E-state index in [2.05, 4.69) is 24.1 Å². The summed E-state index contributed by atoms with van der Waals surface area (Å²) in [6.07, 6.45) is -3.50. The van der Waals surface area contributed by atoms with Gasteiger partial charge in [-0.3, -0.25) is 0 Å². The Labute approximate surface area is 99.3 Å². The Hall–Kier alpha value is -1.26. The molecule has 1 rings (SSSR count). The second kappa shape index (κ2) is 5.38. The van der Waals surface area contributed by atoms with Crippen molar-refractivity contribution in [2.24, 2.45) is 5.92 Å². The predicted molar refractivity (Wildman–Crippen MR) is 61.8 cm³/mol. The SMILES string of the molecule is CC(C)CC(C)Nc1cccc(C(F)(F)F)n1. The normalized spacial score (nSPS) is 13.8. The van der Waals surface area contributed by atoms with Crippen LogP contribution in [0.3, 0.4) is 0 Å². The Morgan fingerprint density at radius 3 is 2.41 bits per heavy atom. The lowest BCUT2D eigenvalue weighted by Crippen LogP contribution is -2.19. The Morgan fingerprint density at radius 1 is 1.24 bits per heavy atom. The van der Waals surface area contributed by atoms with Gasteiger partial charge in [0.1, 0.15) is 11.5 Å². The summed E-state index contributed by atoms with van der Waals surface area (Å²) >= 11 is 0. The van der Waals surface area contributed by atoms with E-state index in [-0.39, 0.29) is 11.9 Å². The van der Waals surface area contributed by atoms with Crippen molar-refractivity contribution in [3.63, 3.8) is 0 Å². The van der Waals surface area contributed by atoms with Gasteiger partial charge in [-0.15, -0.1) is 0 Å². The van der Waals surface area contributed by atoms with E-state index >= 15 is 0 Å². The van der Waals surface area contributed by atoms with Crippen LogP contribution in [0.15, 0.2) is 18.2 Å². The third kappa shape index (κ3) is 4.63. The minimum atomic E-state index is -4.39. The van der Waals surface area contributed by atoms with Crippen LogP contribution >= 0.6 is 0 Å². The van der Waals surface area contributed by atoms with Crippen molar-refractivity contribution in [1.29, 1.82) is 0 Å². The molecule has 0 saturated carbocycles. The molecule has 0 aromatic carbocycles. The molecular formula is C12H17F3N2. The topological polar surface area (TPSA) is 24.9 Å². The first kappa shape index (κ1) is 13.8. The Bertz CT molecular complexity index is 361. The average Bonchev–Trinajstić information content (AvgIpc) is 2.15. The zero-order valence-corrected chi connectivity index (χ0v) is 10.2. The summed E-state index contributed by atoms with van der Waals surface area (Å²) in [7, 11) is 0. The van der Waals surface area contributed by atoms with Crippen molar-refractivity contribution >= 4 is 5.82 Å². The summed E-state index contributed by atoms with van der Waals surface area (Å²) in [5, 5.41) is 2.97. The van der Waals surface area contributed by atoms with E-state index in [1.165, 1.54) is 6.07 Å². The molecule has 0 radical (unpaired) electrons. The van der Waals surface area contributed by atoms with Gasteiger partial charge in [0, 0.05) is 6.04 Å². The van der Waals surface area contributed by atoms with Gasteiger partial charge in [0.15, 0.2) is 0 Å². The highest BCUT2D eigenvalue weighted by molar-refractivity contribution is 5.36. The number of rotatable bonds is 4. The van der Waals surface area contributed by atoms with Crippen LogP contribution in [0.4, 0.5) is 19.0 Å². The number of pyridine rings is 1. The Balaban J connectivity index is 2.72. The molecule has 1 atom stereocenters. The second-order valence-electron chi connectivity index (χ2n) is 4.58. The van der Waals surface area contributed by atoms with Gasteiger partial charge in [-0.25, -0.2) is 4.98 Å². The standard InChI is InChI=1S/C12H17F3N2/c1-8(2)7-9(3)16-11-6-4-5-10(17-11)12(13,14)15/h4-6,8-9H,7H2,1-3H3,(H,16,17). The van der Waals surface area contributed by atoms with Gasteiger partial charge in [0.05, 0.1) is 0 Å². The maximum Gasteiger partial charge on any atom is 0.433 e. The smallest absolute Gasteiger partial charge is 0.368 e. The van der Waals surface area contributed by atoms with Gasteiger partial charge in [-0.2, -0.15) is 13.2 Å². The predicted octanol–water partition coefficient (Wildman–Crippen LogP) is 3.95. The molecule has 0 aliphatic heterocycles. The van der Waals surface area contributed by atoms with E-state index in [0.717, 1.165) is 12.5 Å². The molecule has 17 heavy (non-hydrogen) atoms. The summed E-state index contributed by atoms with van der Waals surface area (Å²) in [4.78, 5) is 3.56. The molecule has 1 aromatic heterocycles. The maximum absolute atomic E-state index is 12.4. The third-order valence-electron chi connectivity index (χ3n) is 2.26. The molecule has 0 aliphatic rings. The number of nitrogens with one attached hydrogen (secondary N) is 1. The molecule has 5 heteroatoms. The Morgan fingerprint density at radius 2 is 1.88 bits per heavy atom. The molecule has 0 aliphatic carbocycles. The fourth-order valence-electron chi connectivity index (χ4n) is 1.69. The first-order chi connectivity index (χ1) is 7.79. The van der Waals surface area contributed by atoms with Crippen LogP contribution < -0.4 is 5.32 Å². The molecule has 0 fully saturated rings. The zero-order valence-electron chi connectivity index (χ0n) is 10.2. The van der Waals surface area contributed by atoms with Crippen LogP contribution in [0, 0.1) is 5.92 Å². The summed E-state index contributed by atoms with van der Waals surface area (Å²) < 4.78 is 37.3. The third-order valence-corrected chi connectivity index (χ3v) is 2.26. The fraction of sp³-hybridized carbons (Fsp3) is 0.583. The summed E-state index contributed by atoms with van der Waals surface area (Å²) in [5.41, 5.74) is -0.862. The van der Waals surface area contributed by atoms with Crippen molar-refractivity contribution < 1.29 is 13.2 Å². The molecule has 1 heterocycles. The lowest BCUT2D eigenvalue weighted by atomic mass is 10.1. The molecule has 1 aromatic rings. The first-order valence-electron chi connectivity index (χ1n) is 5.60. The Kier molecular flexibility index (Phi) is 4.37. The summed E-state index contributed by atoms with van der Waals surface area (Å²) in [6, 6.07) is 3.98. The lowest BCUT2D eigenvalue weighted by molar-refractivity contribution is -0.141. The van der Waals surface area contributed by atoms with E-state index in [4.69, 9.17) is 0 Å². The highest BCUT2D eigenvalue weighted by Crippen LogP contribution is 2.28. The van der Waals surface area contributed by atoms with Crippen molar-refractivity contribution in [2.75, 3.05) is 5.32 Å². The number of hydrogen-bond donors (Lipinski definition) is 1. The summed E-state index contributed by atoms with van der Waals surface area (Å²) in [5.74, 6) is 0.760. The van der Waals surface area contributed by atoms with Crippen molar-refractivity contribution in [3.8, 4) is 0 Å². The van der Waals surface area contributed by atoms with Crippen molar-refractivity contribution in [3.05, 3.63) is 23.9 Å². The number of alkyl halides is 3. The fourth-order valence-corrected chi connectivity index (χ4v) is 1.69. The molecular weight excluding hydrogens is 229 g/mol. The van der Waals surface area contributed by atoms with Crippen LogP contribution in [0.25, 0.3) is 0 Å². The maximum atomic E-state index is 12.4. The van der Waals surface area contributed by atoms with Gasteiger partial charge in [0.2, 0.25) is 0 Å². The molecule has 0 bridgehead atoms. The van der Waals surface area contributed by atoms with E-state index in [1.807, 2.05) is 6.92 Å². The number of aromatic nitrogens is 1. The van der Waals surface area contributed by atoms with Gasteiger partial charge in [-0.1, -0.05) is 19.9 Å². The van der Waals surface area contributed by atoms with Crippen LogP contribution in [-0.4, -0.2) is 11.0 Å². The van der Waals surface area contributed by atoms with Gasteiger partial charge in [0.25, 0.3) is 0 Å². The minimum absolute atomic E-state index is 0.103. The van der Waals surface area contributed by atoms with E-state index in [9.17, 15) is 13.2 Å². The van der Waals surface area contributed by atoms with Crippen LogP contribution in [0.1, 0.15) is 32.9 Å². The van der Waals surface area contributed by atoms with Crippen molar-refractivity contribution in [2.45, 2.75) is 39.4 Å². The van der Waals surface area contributed by atoms with Gasteiger partial charge < -0.3 is 5.32 Å². The molecule has 0 spiro atoms. The zero-order chi connectivity index (χ0) is 13.1. The van der Waals surface area contributed by atoms with Crippen LogP contribution in [0.5, 0.6) is 0 Å². The molecule has 0 amide bonds. The minimum Gasteiger partial charge on any atom is -0.368 e. The van der Waals surface area contributed by atoms with E-state index in [0.29, 0.717) is 5.92 Å². The number of nitrogens with zero attached hydrogens (tertiary/aromatic N) is 1. The quantitative estimate of drug-likeness (QED) is 0.870. The number of hydrogen-bond acceptors (Lipinski definition) is 2. The van der Waals surface area contributed by atoms with Crippen molar-refractivity contribution in [1.82, 2.24) is 4.98 Å². The monoisotopic (exact) mass is 246 g/mol. The first-order valence-corrected chi connectivity index (χ1v) is 5.60. The van der Waals surface area contributed by atoms with Gasteiger partial charge >= 0.3 is 6.18 Å². The average molecular weight is 246 g/mol. The second-order valence-corrected chi connectivity index (χ2v) is 4.58. The van der Waals surface area contributed by atoms with Crippen LogP contribution in [0.2, 0.25) is 0 Å². The molecule has 1 unspecified atom stereocenters. The largest absolute Gasteiger partial charge is 0.433 e. The molecule has 2 nitrogen and oxygen atoms in total. The van der Waals surface area contributed by atoms with Gasteiger partial charge in [-0.05, 0) is 31.4 Å². The molecule has 1 N–H and O–H groups in total. The lowest BCUT2D eigenvalue weighted by Gasteiger charge is -2.17. The highest BCUT2D eigenvalue weighted by Gasteiger charge is 2.32. The molecule has 0 saturated heterocycles.